The maximum atomic E-state index is 11.2. The van der Waals surface area contributed by atoms with Crippen LogP contribution in [0.4, 0.5) is 0 Å². The van der Waals surface area contributed by atoms with Crippen molar-refractivity contribution >= 4 is 23.5 Å². The summed E-state index contributed by atoms with van der Waals surface area (Å²) in [6.45, 7) is 0. The molecule has 4 unspecified atom stereocenters. The molecule has 0 aliphatic carbocycles. The van der Waals surface area contributed by atoms with Crippen molar-refractivity contribution in [2.45, 2.75) is 12.2 Å². The van der Waals surface area contributed by atoms with Crippen molar-refractivity contribution in [1.82, 2.24) is 0 Å². The number of hydrogen-bond donors (Lipinski definition) is 0. The molecular weight excluding hydrogens is 196 g/mol. The van der Waals surface area contributed by atoms with Crippen LogP contribution in [-0.4, -0.2) is 24.1 Å². The van der Waals surface area contributed by atoms with Crippen LogP contribution >= 0.6 is 11.6 Å². The molecule has 5 heteroatoms. The lowest BCUT2D eigenvalue weighted by Crippen LogP contribution is -2.27. The molecule has 13 heavy (non-hydrogen) atoms. The predicted octanol–water partition coefficient (Wildman–Crippen LogP) is 0.206. The van der Waals surface area contributed by atoms with Gasteiger partial charge >= 0.3 is 11.9 Å². The van der Waals surface area contributed by atoms with Crippen LogP contribution in [0, 0.1) is 11.8 Å². The minimum atomic E-state index is -0.506. The van der Waals surface area contributed by atoms with E-state index in [4.69, 9.17) is 16.3 Å². The Hall–Kier alpha value is -0.870. The normalized spacial score (nSPS) is 46.4. The smallest absolute Gasteiger partial charge is 0.320 e. The molecule has 3 heterocycles. The van der Waals surface area contributed by atoms with Crippen molar-refractivity contribution in [2.75, 3.05) is 0 Å². The summed E-state index contributed by atoms with van der Waals surface area (Å²) in [7, 11) is 0. The molecular formula is C8H5ClO4. The van der Waals surface area contributed by atoms with Crippen LogP contribution in [0.5, 0.6) is 0 Å². The summed E-state index contributed by atoms with van der Waals surface area (Å²) in [6.07, 6.45) is 0.866. The maximum Gasteiger partial charge on any atom is 0.320 e. The van der Waals surface area contributed by atoms with Crippen molar-refractivity contribution < 1.29 is 19.1 Å². The van der Waals surface area contributed by atoms with Crippen molar-refractivity contribution in [3.8, 4) is 0 Å². The van der Waals surface area contributed by atoms with Crippen LogP contribution < -0.4 is 0 Å². The van der Waals surface area contributed by atoms with Crippen molar-refractivity contribution in [3.05, 3.63) is 11.1 Å². The van der Waals surface area contributed by atoms with Crippen LogP contribution in [0.15, 0.2) is 11.1 Å². The lowest BCUT2D eigenvalue weighted by molar-refractivity contribution is -0.156. The topological polar surface area (TPSA) is 52.6 Å². The Balaban J connectivity index is 2.08. The first kappa shape index (κ1) is 7.53. The summed E-state index contributed by atoms with van der Waals surface area (Å²) in [5.74, 6) is -1.95. The lowest BCUT2D eigenvalue weighted by atomic mass is 9.85. The number of ether oxygens (including phenoxy) is 2. The van der Waals surface area contributed by atoms with E-state index in [9.17, 15) is 9.59 Å². The highest BCUT2D eigenvalue weighted by molar-refractivity contribution is 6.31. The third-order valence-electron chi connectivity index (χ3n) is 2.71. The first-order valence-electron chi connectivity index (χ1n) is 3.96. The highest BCUT2D eigenvalue weighted by Crippen LogP contribution is 2.48. The largest absolute Gasteiger partial charge is 0.393 e. The highest BCUT2D eigenvalue weighted by atomic mass is 35.5. The monoisotopic (exact) mass is 200 g/mol. The highest BCUT2D eigenvalue weighted by Gasteiger charge is 2.61. The van der Waals surface area contributed by atoms with Gasteiger partial charge in [0.15, 0.2) is 0 Å². The zero-order chi connectivity index (χ0) is 9.16. The van der Waals surface area contributed by atoms with Crippen molar-refractivity contribution in [3.63, 3.8) is 0 Å². The summed E-state index contributed by atoms with van der Waals surface area (Å²) in [5, 5.41) is 0.512. The summed E-state index contributed by atoms with van der Waals surface area (Å²) in [6, 6.07) is 0. The van der Waals surface area contributed by atoms with Crippen molar-refractivity contribution in [2.24, 2.45) is 11.8 Å². The number of hydrogen-bond acceptors (Lipinski definition) is 4. The van der Waals surface area contributed by atoms with Gasteiger partial charge in [0.2, 0.25) is 0 Å². The molecule has 0 radical (unpaired) electrons. The molecule has 0 saturated carbocycles. The van der Waals surface area contributed by atoms with Crippen LogP contribution in [0.3, 0.4) is 0 Å². The third-order valence-corrected chi connectivity index (χ3v) is 3.05. The minimum absolute atomic E-state index is 0.360. The van der Waals surface area contributed by atoms with E-state index in [1.165, 1.54) is 0 Å². The second kappa shape index (κ2) is 2.13. The SMILES string of the molecule is O=C1OC(=O)C2C3OC(C=C3Cl)C12. The summed E-state index contributed by atoms with van der Waals surface area (Å²) in [5.41, 5.74) is 0. The fourth-order valence-corrected chi connectivity index (χ4v) is 2.46. The molecule has 4 nitrogen and oxygen atoms in total. The fourth-order valence-electron chi connectivity index (χ4n) is 2.15. The number of carbonyl (C=O) groups excluding carboxylic acids is 2. The Morgan fingerprint density at radius 1 is 1.23 bits per heavy atom. The quantitative estimate of drug-likeness (QED) is 0.414. The van der Waals surface area contributed by atoms with E-state index in [1.54, 1.807) is 6.08 Å². The van der Waals surface area contributed by atoms with Crippen LogP contribution in [-0.2, 0) is 19.1 Å². The molecule has 4 atom stereocenters. The Morgan fingerprint density at radius 3 is 2.69 bits per heavy atom. The molecule has 3 rings (SSSR count). The van der Waals surface area contributed by atoms with Gasteiger partial charge in [0, 0.05) is 5.03 Å². The van der Waals surface area contributed by atoms with Crippen molar-refractivity contribution in [1.29, 1.82) is 0 Å². The summed E-state index contributed by atoms with van der Waals surface area (Å²) >= 11 is 5.81. The van der Waals surface area contributed by atoms with Gasteiger partial charge in [0.25, 0.3) is 0 Å². The molecule has 68 valence electrons. The zero-order valence-electron chi connectivity index (χ0n) is 6.40. The molecule has 3 aliphatic rings. The Kier molecular flexibility index (Phi) is 1.24. The fraction of sp³-hybridized carbons (Fsp3) is 0.500. The molecule has 0 aromatic carbocycles. The number of halogens is 1. The number of cyclic esters (lactones) is 2. The average molecular weight is 201 g/mol. The first-order chi connectivity index (χ1) is 6.18. The molecule has 2 fully saturated rings. The molecule has 0 spiro atoms. The predicted molar refractivity (Wildman–Crippen MR) is 40.7 cm³/mol. The Bertz CT molecular complexity index is 348. The standard InChI is InChI=1S/C8H5ClO4/c9-2-1-3-4-5(6(2)12-3)8(11)13-7(4)10/h1,3-6H. The van der Waals surface area contributed by atoms with Crippen LogP contribution in [0.25, 0.3) is 0 Å². The molecule has 2 saturated heterocycles. The van der Waals surface area contributed by atoms with Crippen LogP contribution in [0.1, 0.15) is 0 Å². The second-order valence-electron chi connectivity index (χ2n) is 3.36. The lowest BCUT2D eigenvalue weighted by Gasteiger charge is -2.11. The van der Waals surface area contributed by atoms with Gasteiger partial charge in [-0.05, 0) is 6.08 Å². The summed E-state index contributed by atoms with van der Waals surface area (Å²) < 4.78 is 9.85. The van der Waals surface area contributed by atoms with E-state index < -0.39 is 29.9 Å². The van der Waals surface area contributed by atoms with Crippen LogP contribution in [0.2, 0.25) is 0 Å². The molecule has 0 N–H and O–H groups in total. The maximum absolute atomic E-state index is 11.2. The Morgan fingerprint density at radius 2 is 1.92 bits per heavy atom. The number of esters is 2. The molecule has 0 aromatic heterocycles. The molecule has 3 aliphatic heterocycles. The van der Waals surface area contributed by atoms with Gasteiger partial charge in [-0.3, -0.25) is 9.59 Å². The van der Waals surface area contributed by atoms with E-state index in [0.717, 1.165) is 0 Å². The van der Waals surface area contributed by atoms with Gasteiger partial charge in [0.1, 0.15) is 17.9 Å². The van der Waals surface area contributed by atoms with E-state index in [1.807, 2.05) is 0 Å². The van der Waals surface area contributed by atoms with Gasteiger partial charge in [0.05, 0.1) is 6.10 Å². The second-order valence-corrected chi connectivity index (χ2v) is 3.80. The van der Waals surface area contributed by atoms with E-state index in [2.05, 4.69) is 4.74 Å². The number of fused-ring (bicyclic) bond motifs is 5. The molecule has 0 aromatic rings. The minimum Gasteiger partial charge on any atom is -0.393 e. The van der Waals surface area contributed by atoms with E-state index in [-0.39, 0.29) is 6.10 Å². The van der Waals surface area contributed by atoms with Gasteiger partial charge < -0.3 is 9.47 Å². The zero-order valence-corrected chi connectivity index (χ0v) is 7.15. The third kappa shape index (κ3) is 0.752. The summed E-state index contributed by atoms with van der Waals surface area (Å²) in [4.78, 5) is 22.4. The number of carbonyl (C=O) groups is 2. The average Bonchev–Trinajstić information content (AvgIpc) is 2.64. The van der Waals surface area contributed by atoms with Gasteiger partial charge in [-0.15, -0.1) is 0 Å². The van der Waals surface area contributed by atoms with Gasteiger partial charge in [-0.25, -0.2) is 0 Å². The molecule has 2 bridgehead atoms. The van der Waals surface area contributed by atoms with E-state index in [0.29, 0.717) is 5.03 Å². The molecule has 0 amide bonds. The number of rotatable bonds is 0. The van der Waals surface area contributed by atoms with E-state index >= 15 is 0 Å². The van der Waals surface area contributed by atoms with Gasteiger partial charge in [-0.1, -0.05) is 11.6 Å². The first-order valence-corrected chi connectivity index (χ1v) is 4.34. The van der Waals surface area contributed by atoms with Gasteiger partial charge in [-0.2, -0.15) is 0 Å². The Labute approximate surface area is 78.4 Å².